The van der Waals surface area contributed by atoms with Crippen molar-refractivity contribution in [1.29, 1.82) is 0 Å². The molecule has 0 amide bonds. The van der Waals surface area contributed by atoms with E-state index in [1.165, 1.54) is 18.5 Å². The molecule has 1 fully saturated rings. The van der Waals surface area contributed by atoms with Crippen LogP contribution in [0.5, 0.6) is 5.75 Å². The molecular weight excluding hydrogens is 374 g/mol. The lowest BCUT2D eigenvalue weighted by Crippen LogP contribution is -2.32. The number of H-pyrrole nitrogens is 1. The number of nitrogens with one attached hydrogen (secondary N) is 2. The summed E-state index contributed by atoms with van der Waals surface area (Å²) < 4.78 is 6.08. The van der Waals surface area contributed by atoms with E-state index >= 15 is 0 Å². The van der Waals surface area contributed by atoms with Crippen molar-refractivity contribution in [3.05, 3.63) is 59.3 Å². The Hall–Kier alpha value is -3.07. The lowest BCUT2D eigenvalue weighted by molar-refractivity contribution is 0.187. The average molecular weight is 402 g/mol. The molecule has 154 valence electrons. The highest BCUT2D eigenvalue weighted by Crippen LogP contribution is 2.43. The maximum atomic E-state index is 7.46. The van der Waals surface area contributed by atoms with Crippen LogP contribution in [0.25, 0.3) is 15.9 Å². The number of benzene rings is 1. The Bertz CT molecular complexity index is 1110. The van der Waals surface area contributed by atoms with Gasteiger partial charge in [-0.3, -0.25) is 0 Å². The van der Waals surface area contributed by atoms with E-state index < -0.39 is 0 Å². The molecule has 2 aliphatic rings. The average Bonchev–Trinajstić information content (AvgIpc) is 3.52. The fourth-order valence-electron chi connectivity index (χ4n) is 4.29. The third kappa shape index (κ3) is 3.60. The van der Waals surface area contributed by atoms with Gasteiger partial charge in [0, 0.05) is 37.4 Å². The predicted octanol–water partition coefficient (Wildman–Crippen LogP) is 5.48. The summed E-state index contributed by atoms with van der Waals surface area (Å²) in [6, 6.07) is 10.5. The Labute approximate surface area is 176 Å². The van der Waals surface area contributed by atoms with Crippen molar-refractivity contribution in [2.75, 3.05) is 11.9 Å². The first-order chi connectivity index (χ1) is 14.5. The smallest absolute Gasteiger partial charge is 0.227 e. The highest BCUT2D eigenvalue weighted by molar-refractivity contribution is 5.88. The molecule has 6 heteroatoms. The molecule has 6 nitrogen and oxygen atoms in total. The number of fused-ring (bicyclic) bond motifs is 2. The summed E-state index contributed by atoms with van der Waals surface area (Å²) in [5, 5.41) is 4.77. The number of hydrogen-bond donors (Lipinski definition) is 2. The molecule has 0 radical (unpaired) electrons. The first-order valence-corrected chi connectivity index (χ1v) is 10.7. The van der Waals surface area contributed by atoms with Crippen molar-refractivity contribution in [2.24, 2.45) is 5.92 Å². The highest BCUT2D eigenvalue weighted by Gasteiger charge is 2.34. The van der Waals surface area contributed by atoms with Gasteiger partial charge in [0.05, 0.1) is 18.0 Å². The van der Waals surface area contributed by atoms with Crippen LogP contribution in [0.3, 0.4) is 0 Å². The zero-order chi connectivity index (χ0) is 20.7. The van der Waals surface area contributed by atoms with Gasteiger partial charge in [-0.05, 0) is 37.3 Å². The van der Waals surface area contributed by atoms with Gasteiger partial charge < -0.3 is 19.9 Å². The first-order valence-electron chi connectivity index (χ1n) is 10.7. The third-order valence-electron chi connectivity index (χ3n) is 6.36. The normalized spacial score (nSPS) is 21.0. The fraction of sp³-hybridized carbons (Fsp3) is 0.458. The number of aromatic nitrogens is 3. The molecule has 0 spiro atoms. The van der Waals surface area contributed by atoms with E-state index in [1.54, 1.807) is 6.33 Å². The minimum absolute atomic E-state index is 0.0776. The number of hydrogen-bond acceptors (Lipinski definition) is 4. The van der Waals surface area contributed by atoms with E-state index in [1.807, 2.05) is 26.0 Å². The summed E-state index contributed by atoms with van der Waals surface area (Å²) in [7, 11) is 0. The molecule has 0 saturated heterocycles. The largest absolute Gasteiger partial charge is 0.493 e. The van der Waals surface area contributed by atoms with E-state index in [4.69, 9.17) is 11.3 Å². The monoisotopic (exact) mass is 401 g/mol. The molecule has 1 saturated carbocycles. The van der Waals surface area contributed by atoms with Gasteiger partial charge in [0.2, 0.25) is 5.54 Å². The molecule has 2 aromatic heterocycles. The maximum Gasteiger partial charge on any atom is 0.227 e. The van der Waals surface area contributed by atoms with Gasteiger partial charge in [-0.1, -0.05) is 18.2 Å². The maximum absolute atomic E-state index is 7.46. The number of rotatable bonds is 6. The second-order valence-corrected chi connectivity index (χ2v) is 9.18. The summed E-state index contributed by atoms with van der Waals surface area (Å²) in [5.74, 6) is 2.68. The number of ether oxygens (including phenoxy) is 1. The van der Waals surface area contributed by atoms with Crippen LogP contribution in [0.4, 0.5) is 5.82 Å². The molecule has 1 unspecified atom stereocenters. The van der Waals surface area contributed by atoms with Crippen LogP contribution in [0, 0.1) is 12.5 Å². The Morgan fingerprint density at radius 3 is 2.90 bits per heavy atom. The topological polar surface area (TPSA) is 67.2 Å². The zero-order valence-electron chi connectivity index (χ0n) is 17.5. The quantitative estimate of drug-likeness (QED) is 0.537. The third-order valence-corrected chi connectivity index (χ3v) is 6.36. The SMILES string of the molecule is [C-]#[N+]C(C)(C)CC[C@H]1COc2ccccc2C1Nc1ncnc2[nH]c(C3CC3)cc12. The standard InChI is InChI=1S/C24H27N5O/c1-24(2,25-3)11-10-16-13-30-20-7-5-4-6-17(20)21(16)29-23-18-12-19(15-8-9-15)28-22(18)26-14-27-23/h4-7,12,14-16,21H,8-11,13H2,1-2H3,(H2,26,27,28,29)/t16-,21?/m0/s1. The van der Waals surface area contributed by atoms with Crippen LogP contribution in [-0.2, 0) is 0 Å². The van der Waals surface area contributed by atoms with Crippen molar-refractivity contribution in [3.63, 3.8) is 0 Å². The Kier molecular flexibility index (Phi) is 4.62. The van der Waals surface area contributed by atoms with Crippen molar-refractivity contribution in [2.45, 2.75) is 57.0 Å². The molecule has 2 atom stereocenters. The van der Waals surface area contributed by atoms with Crippen molar-refractivity contribution in [1.82, 2.24) is 15.0 Å². The molecule has 3 heterocycles. The number of para-hydroxylation sites is 1. The number of nitrogens with zero attached hydrogens (tertiary/aromatic N) is 3. The van der Waals surface area contributed by atoms with Crippen LogP contribution >= 0.6 is 0 Å². The lowest BCUT2D eigenvalue weighted by Gasteiger charge is -2.35. The van der Waals surface area contributed by atoms with E-state index in [0.717, 1.165) is 41.0 Å². The van der Waals surface area contributed by atoms with Gasteiger partial charge in [0.15, 0.2) is 0 Å². The van der Waals surface area contributed by atoms with Crippen LogP contribution in [0.2, 0.25) is 0 Å². The molecule has 0 bridgehead atoms. The lowest BCUT2D eigenvalue weighted by atomic mass is 9.84. The molecule has 1 aliphatic carbocycles. The summed E-state index contributed by atoms with van der Waals surface area (Å²) in [5.41, 5.74) is 2.94. The Balaban J connectivity index is 1.48. The second-order valence-electron chi connectivity index (χ2n) is 9.18. The van der Waals surface area contributed by atoms with Crippen LogP contribution in [0.1, 0.15) is 62.7 Å². The molecule has 1 aliphatic heterocycles. The number of aromatic amines is 1. The van der Waals surface area contributed by atoms with Gasteiger partial charge in [-0.2, -0.15) is 0 Å². The van der Waals surface area contributed by atoms with E-state index in [2.05, 4.69) is 43.3 Å². The summed E-state index contributed by atoms with van der Waals surface area (Å²) in [4.78, 5) is 16.3. The summed E-state index contributed by atoms with van der Waals surface area (Å²) in [6.07, 6.45) is 5.86. The van der Waals surface area contributed by atoms with E-state index in [0.29, 0.717) is 12.5 Å². The highest BCUT2D eigenvalue weighted by atomic mass is 16.5. The molecular formula is C24H27N5O. The second kappa shape index (κ2) is 7.32. The Morgan fingerprint density at radius 1 is 1.27 bits per heavy atom. The fourth-order valence-corrected chi connectivity index (χ4v) is 4.29. The van der Waals surface area contributed by atoms with Gasteiger partial charge in [-0.15, -0.1) is 0 Å². The van der Waals surface area contributed by atoms with Gasteiger partial charge in [-0.25, -0.2) is 16.5 Å². The van der Waals surface area contributed by atoms with Crippen LogP contribution in [-0.4, -0.2) is 27.1 Å². The van der Waals surface area contributed by atoms with Crippen LogP contribution < -0.4 is 10.1 Å². The van der Waals surface area contributed by atoms with Crippen molar-refractivity contribution in [3.8, 4) is 5.75 Å². The Morgan fingerprint density at radius 2 is 2.10 bits per heavy atom. The summed E-state index contributed by atoms with van der Waals surface area (Å²) >= 11 is 0. The molecule has 5 rings (SSSR count). The zero-order valence-corrected chi connectivity index (χ0v) is 17.5. The number of anilines is 1. The summed E-state index contributed by atoms with van der Waals surface area (Å²) in [6.45, 7) is 12.1. The van der Waals surface area contributed by atoms with Gasteiger partial charge >= 0.3 is 0 Å². The van der Waals surface area contributed by atoms with E-state index in [-0.39, 0.29) is 17.5 Å². The minimum atomic E-state index is -0.358. The molecule has 1 aromatic carbocycles. The van der Waals surface area contributed by atoms with Crippen molar-refractivity contribution < 1.29 is 4.74 Å². The van der Waals surface area contributed by atoms with Gasteiger partial charge in [0.1, 0.15) is 23.5 Å². The van der Waals surface area contributed by atoms with Gasteiger partial charge in [0.25, 0.3) is 0 Å². The molecule has 30 heavy (non-hydrogen) atoms. The molecule has 2 N–H and O–H groups in total. The molecule has 3 aromatic rings. The predicted molar refractivity (Wildman–Crippen MR) is 118 cm³/mol. The van der Waals surface area contributed by atoms with Crippen molar-refractivity contribution >= 4 is 16.9 Å². The van der Waals surface area contributed by atoms with Crippen LogP contribution in [0.15, 0.2) is 36.7 Å². The van der Waals surface area contributed by atoms with E-state index in [9.17, 15) is 0 Å². The first kappa shape index (κ1) is 18.9. The minimum Gasteiger partial charge on any atom is -0.493 e.